The molecule has 0 spiro atoms. The van der Waals surface area contributed by atoms with E-state index < -0.39 is 30.5 Å². The van der Waals surface area contributed by atoms with Gasteiger partial charge < -0.3 is 0 Å². The number of rotatable bonds is 3. The van der Waals surface area contributed by atoms with Crippen molar-refractivity contribution in [3.05, 3.63) is 50.7 Å². The summed E-state index contributed by atoms with van der Waals surface area (Å²) in [6.45, 7) is 2.07. The number of benzene rings is 1. The molecule has 0 fully saturated rings. The van der Waals surface area contributed by atoms with E-state index in [1.165, 1.54) is 15.1 Å². The second kappa shape index (κ2) is 5.93. The second-order valence-electron chi connectivity index (χ2n) is 4.65. The second-order valence-corrected chi connectivity index (χ2v) is 12.7. The first kappa shape index (κ1) is 13.0. The van der Waals surface area contributed by atoms with Crippen LogP contribution in [-0.4, -0.2) is 35.6 Å². The van der Waals surface area contributed by atoms with Gasteiger partial charge in [0, 0.05) is 0 Å². The van der Waals surface area contributed by atoms with Gasteiger partial charge in [0.25, 0.3) is 0 Å². The van der Waals surface area contributed by atoms with Crippen molar-refractivity contribution in [2.45, 2.75) is 26.0 Å². The van der Waals surface area contributed by atoms with Crippen molar-refractivity contribution < 1.29 is 5.11 Å². The first-order valence-corrected chi connectivity index (χ1v) is 11.5. The normalized spacial score (nSPS) is 17.7. The zero-order chi connectivity index (χ0) is 12.3. The number of hydrogen-bond acceptors (Lipinski definition) is 2. The summed E-state index contributed by atoms with van der Waals surface area (Å²) in [7, 11) is 0. The number of allylic oxidation sites excluding steroid dienone is 2. The Bertz CT molecular complexity index is 449. The van der Waals surface area contributed by atoms with Crippen LogP contribution in [0, 0.1) is 0 Å². The third-order valence-corrected chi connectivity index (χ3v) is 10.6. The minimum atomic E-state index is -1.18. The van der Waals surface area contributed by atoms with E-state index in [0.717, 1.165) is 12.0 Å². The van der Waals surface area contributed by atoms with Crippen LogP contribution in [0.3, 0.4) is 0 Å². The molecule has 17 heavy (non-hydrogen) atoms. The zero-order valence-electron chi connectivity index (χ0n) is 10.2. The summed E-state index contributed by atoms with van der Waals surface area (Å²) >= 11 is -1.18. The molecule has 0 heterocycles. The predicted octanol–water partition coefficient (Wildman–Crippen LogP) is 1.02. The van der Waals surface area contributed by atoms with Crippen molar-refractivity contribution in [2.24, 2.45) is 5.73 Å². The number of aliphatic hydroxyl groups excluding tert-OH is 1. The van der Waals surface area contributed by atoms with Gasteiger partial charge in [0.05, 0.1) is 0 Å². The Kier molecular flexibility index (Phi) is 4.53. The molecule has 1 aliphatic carbocycles. The van der Waals surface area contributed by atoms with Crippen LogP contribution in [0.5, 0.6) is 0 Å². The Balaban J connectivity index is 2.16. The maximum absolute atomic E-state index is 9.53. The molecule has 1 atom stereocenters. The molecule has 0 amide bonds. The summed E-state index contributed by atoms with van der Waals surface area (Å²) in [4.78, 5) is 0. The molecule has 2 nitrogen and oxygen atoms in total. The summed E-state index contributed by atoms with van der Waals surface area (Å²) in [5.74, 6) is 0. The van der Waals surface area contributed by atoms with Gasteiger partial charge in [-0.05, 0) is 0 Å². The standard InChI is InChI=1S/C8H12NO.C6H5.Tl.H/c1-6-4-2-3-5-7(6)8(9)10;1-2-4-6-5-3-1;;/h5,8,10H,2,4,9H2,1H3;1-5H;;. The van der Waals surface area contributed by atoms with E-state index in [0.29, 0.717) is 0 Å². The Morgan fingerprint density at radius 2 is 1.94 bits per heavy atom. The van der Waals surface area contributed by atoms with Crippen LogP contribution < -0.4 is 8.86 Å². The van der Waals surface area contributed by atoms with Crippen molar-refractivity contribution in [1.82, 2.24) is 0 Å². The molecule has 3 N–H and O–H groups in total. The first-order chi connectivity index (χ1) is 8.16. The van der Waals surface area contributed by atoms with E-state index in [9.17, 15) is 5.11 Å². The average molecular weight is 421 g/mol. The zero-order valence-corrected chi connectivity index (χ0v) is 15.7. The molecule has 0 saturated carbocycles. The van der Waals surface area contributed by atoms with Crippen LogP contribution in [0.4, 0.5) is 0 Å². The molecule has 0 aromatic heterocycles. The van der Waals surface area contributed by atoms with E-state index in [1.807, 2.05) is 0 Å². The van der Waals surface area contributed by atoms with Crippen molar-refractivity contribution in [3.63, 3.8) is 0 Å². The summed E-state index contributed by atoms with van der Waals surface area (Å²) in [6, 6.07) is 10.7. The van der Waals surface area contributed by atoms with Gasteiger partial charge in [0.2, 0.25) is 0 Å². The van der Waals surface area contributed by atoms with E-state index in [-0.39, 0.29) is 0 Å². The van der Waals surface area contributed by atoms with Crippen molar-refractivity contribution in [2.75, 3.05) is 0 Å². The van der Waals surface area contributed by atoms with Gasteiger partial charge in [-0.3, -0.25) is 0 Å². The van der Waals surface area contributed by atoms with Crippen LogP contribution in [0.25, 0.3) is 0 Å². The number of aliphatic hydroxyl groups is 1. The Labute approximate surface area is 114 Å². The molecular formula is C14H18NOTl. The monoisotopic (exact) mass is 421 g/mol. The van der Waals surface area contributed by atoms with Gasteiger partial charge in [-0.15, -0.1) is 0 Å². The Morgan fingerprint density at radius 1 is 1.24 bits per heavy atom. The average Bonchev–Trinajstić information content (AvgIpc) is 2.32. The van der Waals surface area contributed by atoms with Gasteiger partial charge in [0.1, 0.15) is 0 Å². The SMILES string of the molecule is CC1=C(C(N)O)C=[C]([TlH][c]2ccccc2)CC1. The molecule has 1 unspecified atom stereocenters. The van der Waals surface area contributed by atoms with Gasteiger partial charge >= 0.3 is 115 Å². The van der Waals surface area contributed by atoms with Crippen LogP contribution in [-0.2, 0) is 0 Å². The molecule has 0 saturated heterocycles. The Hall–Kier alpha value is -0.458. The minimum absolute atomic E-state index is 0.811. The molecule has 2 rings (SSSR count). The third-order valence-electron chi connectivity index (χ3n) is 3.27. The first-order valence-electron chi connectivity index (χ1n) is 6.03. The molecule has 3 heteroatoms. The van der Waals surface area contributed by atoms with E-state index in [2.05, 4.69) is 43.3 Å². The van der Waals surface area contributed by atoms with Gasteiger partial charge in [0.15, 0.2) is 0 Å². The molecule has 1 aromatic rings. The fraction of sp³-hybridized carbons (Fsp3) is 0.286. The number of hydrogen-bond donors (Lipinski definition) is 2. The fourth-order valence-electron chi connectivity index (χ4n) is 2.24. The summed E-state index contributed by atoms with van der Waals surface area (Å²) in [5, 5.41) is 9.53. The van der Waals surface area contributed by atoms with E-state index in [4.69, 9.17) is 5.73 Å². The predicted molar refractivity (Wildman–Crippen MR) is 73.4 cm³/mol. The molecule has 0 radical (unpaired) electrons. The van der Waals surface area contributed by atoms with Crippen LogP contribution in [0.2, 0.25) is 0 Å². The molecule has 0 bridgehead atoms. The van der Waals surface area contributed by atoms with Crippen LogP contribution in [0.15, 0.2) is 50.7 Å². The van der Waals surface area contributed by atoms with Crippen molar-refractivity contribution in [1.29, 1.82) is 0 Å². The molecule has 0 aliphatic heterocycles. The topological polar surface area (TPSA) is 46.2 Å². The molecular weight excluding hydrogens is 403 g/mol. The van der Waals surface area contributed by atoms with Gasteiger partial charge in [-0.1, -0.05) is 0 Å². The quantitative estimate of drug-likeness (QED) is 0.567. The molecule has 88 valence electrons. The van der Waals surface area contributed by atoms with E-state index in [1.54, 1.807) is 3.13 Å². The molecule has 1 aliphatic rings. The van der Waals surface area contributed by atoms with Crippen molar-refractivity contribution in [3.8, 4) is 0 Å². The number of nitrogens with two attached hydrogens (primary N) is 1. The fourth-order valence-corrected chi connectivity index (χ4v) is 8.88. The van der Waals surface area contributed by atoms with Crippen LogP contribution in [0.1, 0.15) is 19.8 Å². The third kappa shape index (κ3) is 3.50. The summed E-state index contributed by atoms with van der Waals surface area (Å²) < 4.78 is 3.10. The van der Waals surface area contributed by atoms with Crippen molar-refractivity contribution >= 4 is 27.4 Å². The Morgan fingerprint density at radius 3 is 2.59 bits per heavy atom. The molecule has 1 aromatic carbocycles. The summed E-state index contributed by atoms with van der Waals surface area (Å²) in [6.07, 6.45) is 3.58. The maximum atomic E-state index is 9.53. The van der Waals surface area contributed by atoms with E-state index >= 15 is 0 Å². The van der Waals surface area contributed by atoms with Gasteiger partial charge in [-0.2, -0.15) is 0 Å². The van der Waals surface area contributed by atoms with Crippen LogP contribution >= 0.6 is 0 Å². The van der Waals surface area contributed by atoms with Gasteiger partial charge in [-0.25, -0.2) is 0 Å². The summed E-state index contributed by atoms with van der Waals surface area (Å²) in [5.41, 5.74) is 7.78.